The molecular weight excluding hydrogens is 434 g/mol. The number of rotatable bonds is 7. The van der Waals surface area contributed by atoms with E-state index in [2.05, 4.69) is 20.6 Å². The number of anilines is 2. The highest BCUT2D eigenvalue weighted by molar-refractivity contribution is 5.85. The molecular formula is C24H37N7O3. The predicted octanol–water partition coefficient (Wildman–Crippen LogP) is 3.46. The quantitative estimate of drug-likeness (QED) is 0.632. The molecule has 2 aliphatic heterocycles. The number of amides is 1. The van der Waals surface area contributed by atoms with Gasteiger partial charge in [0.25, 0.3) is 0 Å². The van der Waals surface area contributed by atoms with Crippen LogP contribution >= 0.6 is 0 Å². The zero-order chi connectivity index (χ0) is 24.3. The van der Waals surface area contributed by atoms with E-state index in [1.165, 1.54) is 6.42 Å². The van der Waals surface area contributed by atoms with Crippen molar-refractivity contribution in [3.63, 3.8) is 0 Å². The van der Waals surface area contributed by atoms with Gasteiger partial charge in [-0.05, 0) is 65.7 Å². The van der Waals surface area contributed by atoms with E-state index >= 15 is 0 Å². The summed E-state index contributed by atoms with van der Waals surface area (Å²) in [5, 5.41) is 6.92. The molecule has 2 aromatic rings. The molecule has 2 aromatic heterocycles. The Labute approximate surface area is 200 Å². The monoisotopic (exact) mass is 471 g/mol. The molecule has 2 saturated heterocycles. The van der Waals surface area contributed by atoms with Crippen LogP contribution in [0.2, 0.25) is 0 Å². The third-order valence-electron chi connectivity index (χ3n) is 7.57. The fourth-order valence-electron chi connectivity index (χ4n) is 5.16. The predicted molar refractivity (Wildman–Crippen MR) is 130 cm³/mol. The molecule has 2 aliphatic carbocycles. The number of imidazole rings is 1. The number of likely N-dealkylation sites (N-methyl/N-ethyl adjacent to an activating group) is 1. The highest BCUT2D eigenvalue weighted by Gasteiger charge is 2.50. The first-order valence-corrected chi connectivity index (χ1v) is 12.3. The van der Waals surface area contributed by atoms with Gasteiger partial charge in [-0.2, -0.15) is 9.97 Å². The zero-order valence-corrected chi connectivity index (χ0v) is 21.2. The van der Waals surface area contributed by atoms with Gasteiger partial charge in [0.1, 0.15) is 16.9 Å². The van der Waals surface area contributed by atoms with E-state index in [4.69, 9.17) is 14.5 Å². The summed E-state index contributed by atoms with van der Waals surface area (Å²) in [6.45, 7) is 9.72. The Morgan fingerprint density at radius 1 is 1.21 bits per heavy atom. The van der Waals surface area contributed by atoms with Crippen LogP contribution in [0.1, 0.15) is 58.7 Å². The van der Waals surface area contributed by atoms with Crippen molar-refractivity contribution in [1.29, 1.82) is 0 Å². The standard InChI is InChI=1S/C24H37N7O3/c1-15-27-19-17(30(15)5)18(25-14-24-11-16(12-24)7-10-33-24)28-20(29-19)26-13-23(8-9-23)31(6)21(32)34-22(2,3)4/h16H,7-14H2,1-6H3,(H2,25,26,28,29). The Hall–Kier alpha value is -2.62. The Kier molecular flexibility index (Phi) is 5.42. The lowest BCUT2D eigenvalue weighted by Gasteiger charge is -2.52. The summed E-state index contributed by atoms with van der Waals surface area (Å²) >= 11 is 0. The molecule has 1 amide bonds. The third-order valence-corrected chi connectivity index (χ3v) is 7.57. The molecule has 0 atom stereocenters. The van der Waals surface area contributed by atoms with Crippen LogP contribution in [0.3, 0.4) is 0 Å². The van der Waals surface area contributed by atoms with Gasteiger partial charge in [0.2, 0.25) is 5.95 Å². The van der Waals surface area contributed by atoms with Gasteiger partial charge in [-0.1, -0.05) is 0 Å². The van der Waals surface area contributed by atoms with E-state index < -0.39 is 5.60 Å². The summed E-state index contributed by atoms with van der Waals surface area (Å²) < 4.78 is 13.7. The number of carbonyl (C=O) groups is 1. The van der Waals surface area contributed by atoms with Crippen LogP contribution in [0, 0.1) is 12.8 Å². The molecule has 2 saturated carbocycles. The van der Waals surface area contributed by atoms with Crippen molar-refractivity contribution in [3.8, 4) is 0 Å². The maximum atomic E-state index is 12.6. The van der Waals surface area contributed by atoms with Crippen molar-refractivity contribution in [3.05, 3.63) is 5.82 Å². The molecule has 34 heavy (non-hydrogen) atoms. The number of carbonyl (C=O) groups excluding carboxylic acids is 1. The van der Waals surface area contributed by atoms with E-state index in [-0.39, 0.29) is 17.2 Å². The average Bonchev–Trinajstić information content (AvgIpc) is 3.49. The van der Waals surface area contributed by atoms with Crippen LogP contribution in [-0.2, 0) is 16.5 Å². The van der Waals surface area contributed by atoms with E-state index in [0.717, 1.165) is 61.9 Å². The fourth-order valence-corrected chi connectivity index (χ4v) is 5.16. The Balaban J connectivity index is 1.32. The van der Waals surface area contributed by atoms with Crippen LogP contribution in [0.4, 0.5) is 16.6 Å². The van der Waals surface area contributed by atoms with Crippen LogP contribution in [0.25, 0.3) is 11.2 Å². The molecule has 186 valence electrons. The smallest absolute Gasteiger partial charge is 0.410 e. The minimum absolute atomic E-state index is 0.0738. The minimum atomic E-state index is -0.525. The molecule has 10 nitrogen and oxygen atoms in total. The molecule has 2 bridgehead atoms. The molecule has 0 aromatic carbocycles. The van der Waals surface area contributed by atoms with E-state index in [1.54, 1.807) is 11.9 Å². The van der Waals surface area contributed by atoms with E-state index in [0.29, 0.717) is 18.1 Å². The number of fused-ring (bicyclic) bond motifs is 3. The molecule has 0 radical (unpaired) electrons. The lowest BCUT2D eigenvalue weighted by Crippen LogP contribution is -2.55. The van der Waals surface area contributed by atoms with Crippen LogP contribution in [0.5, 0.6) is 0 Å². The van der Waals surface area contributed by atoms with Gasteiger partial charge in [-0.3, -0.25) is 0 Å². The molecule has 4 heterocycles. The molecule has 0 spiro atoms. The summed E-state index contributed by atoms with van der Waals surface area (Å²) in [4.78, 5) is 28.4. The van der Waals surface area contributed by atoms with Crippen molar-refractivity contribution in [2.45, 2.75) is 76.5 Å². The molecule has 4 fully saturated rings. The lowest BCUT2D eigenvalue weighted by atomic mass is 9.67. The van der Waals surface area contributed by atoms with Gasteiger partial charge >= 0.3 is 6.09 Å². The van der Waals surface area contributed by atoms with Gasteiger partial charge in [0, 0.05) is 33.8 Å². The number of hydrogen-bond donors (Lipinski definition) is 2. The Morgan fingerprint density at radius 3 is 2.56 bits per heavy atom. The highest BCUT2D eigenvalue weighted by atomic mass is 16.6. The molecule has 10 heteroatoms. The minimum Gasteiger partial charge on any atom is -0.444 e. The van der Waals surface area contributed by atoms with Crippen LogP contribution < -0.4 is 10.6 Å². The number of aryl methyl sites for hydroxylation is 2. The number of ether oxygens (including phenoxy) is 2. The summed E-state index contributed by atoms with van der Waals surface area (Å²) in [5.74, 6) is 2.94. The molecule has 6 rings (SSSR count). The molecule has 4 aliphatic rings. The molecule has 0 unspecified atom stereocenters. The number of hydrogen-bond acceptors (Lipinski definition) is 8. The molecule has 2 N–H and O–H groups in total. The Bertz CT molecular complexity index is 1090. The van der Waals surface area contributed by atoms with Crippen molar-refractivity contribution in [2.75, 3.05) is 37.4 Å². The van der Waals surface area contributed by atoms with Gasteiger partial charge in [0.15, 0.2) is 11.5 Å². The largest absolute Gasteiger partial charge is 0.444 e. The SMILES string of the molecule is Cc1nc2nc(NCC3(N(C)C(=O)OC(C)(C)C)CC3)nc(NCC34CC(CCO3)C4)c2n1C. The first kappa shape index (κ1) is 23.1. The summed E-state index contributed by atoms with van der Waals surface area (Å²) in [6, 6.07) is 0. The van der Waals surface area contributed by atoms with E-state index in [1.807, 2.05) is 39.3 Å². The normalized spacial score (nSPS) is 24.9. The average molecular weight is 472 g/mol. The van der Waals surface area contributed by atoms with Gasteiger partial charge < -0.3 is 29.6 Å². The van der Waals surface area contributed by atoms with Crippen molar-refractivity contribution in [2.24, 2.45) is 13.0 Å². The van der Waals surface area contributed by atoms with Gasteiger partial charge in [-0.25, -0.2) is 9.78 Å². The van der Waals surface area contributed by atoms with Gasteiger partial charge in [0.05, 0.1) is 11.1 Å². The van der Waals surface area contributed by atoms with Crippen LogP contribution in [0.15, 0.2) is 0 Å². The number of nitrogens with one attached hydrogen (secondary N) is 2. The van der Waals surface area contributed by atoms with Crippen LogP contribution in [-0.4, -0.2) is 74.0 Å². The first-order chi connectivity index (χ1) is 16.0. The highest BCUT2D eigenvalue weighted by Crippen LogP contribution is 2.47. The maximum Gasteiger partial charge on any atom is 0.410 e. The Morgan fingerprint density at radius 2 is 1.94 bits per heavy atom. The second-order valence-corrected chi connectivity index (χ2v) is 11.4. The van der Waals surface area contributed by atoms with Crippen molar-refractivity contribution in [1.82, 2.24) is 24.4 Å². The zero-order valence-electron chi connectivity index (χ0n) is 21.2. The second-order valence-electron chi connectivity index (χ2n) is 11.4. The van der Waals surface area contributed by atoms with Gasteiger partial charge in [-0.15, -0.1) is 0 Å². The second kappa shape index (κ2) is 7.96. The third kappa shape index (κ3) is 4.28. The first-order valence-electron chi connectivity index (χ1n) is 12.3. The summed E-state index contributed by atoms with van der Waals surface area (Å²) in [5.41, 5.74) is 0.652. The number of nitrogens with zero attached hydrogens (tertiary/aromatic N) is 5. The fraction of sp³-hybridized carbons (Fsp3) is 0.750. The summed E-state index contributed by atoms with van der Waals surface area (Å²) in [7, 11) is 3.79. The number of aromatic nitrogens is 4. The van der Waals surface area contributed by atoms with Crippen molar-refractivity contribution >= 4 is 29.0 Å². The topological polar surface area (TPSA) is 106 Å². The van der Waals surface area contributed by atoms with E-state index in [9.17, 15) is 4.79 Å². The maximum absolute atomic E-state index is 12.6. The lowest BCUT2D eigenvalue weighted by molar-refractivity contribution is -0.168. The van der Waals surface area contributed by atoms with Crippen molar-refractivity contribution < 1.29 is 14.3 Å². The summed E-state index contributed by atoms with van der Waals surface area (Å²) in [6.07, 6.45) is 4.91.